The van der Waals surface area contributed by atoms with Gasteiger partial charge in [0.25, 0.3) is 0 Å². The van der Waals surface area contributed by atoms with Crippen LogP contribution in [0.5, 0.6) is 0 Å². The normalized spacial score (nSPS) is 11.0. The predicted molar refractivity (Wildman–Crippen MR) is 126 cm³/mol. The van der Waals surface area contributed by atoms with E-state index in [0.29, 0.717) is 25.2 Å². The highest BCUT2D eigenvalue weighted by Crippen LogP contribution is 2.17. The summed E-state index contributed by atoms with van der Waals surface area (Å²) in [5.74, 6) is -0.666. The zero-order valence-electron chi connectivity index (χ0n) is 13.4. The van der Waals surface area contributed by atoms with Gasteiger partial charge in [0, 0.05) is 8.87 Å². The molecule has 8 heteroatoms. The summed E-state index contributed by atoms with van der Waals surface area (Å²) in [4.78, 5) is 0. The molecule has 23 heavy (non-hydrogen) atoms. The van der Waals surface area contributed by atoms with Crippen LogP contribution in [0.25, 0.3) is 0 Å². The van der Waals surface area contributed by atoms with Crippen LogP contribution in [0.4, 0.5) is 8.78 Å². The summed E-state index contributed by atoms with van der Waals surface area (Å²) in [6, 6.07) is 0. The van der Waals surface area contributed by atoms with Crippen LogP contribution in [-0.2, 0) is 0 Å². The number of hydrogen-bond donors (Lipinski definition) is 0. The van der Waals surface area contributed by atoms with Crippen molar-refractivity contribution < 1.29 is 8.78 Å². The maximum Gasteiger partial charge on any atom is 0.198 e. The van der Waals surface area contributed by atoms with Crippen molar-refractivity contribution in [3.63, 3.8) is 0 Å². The molecule has 0 heterocycles. The van der Waals surface area contributed by atoms with E-state index in [1.54, 1.807) is 0 Å². The van der Waals surface area contributed by atoms with Gasteiger partial charge in [0.2, 0.25) is 0 Å². The van der Waals surface area contributed by atoms with Crippen LogP contribution in [0, 0.1) is 39.5 Å². The van der Waals surface area contributed by atoms with Crippen LogP contribution in [0.3, 0.4) is 0 Å². The lowest BCUT2D eigenvalue weighted by molar-refractivity contribution is 0.603. The molecule has 2 aromatic rings. The maximum atomic E-state index is 14.7. The molecule has 2 unspecified atom stereocenters. The highest BCUT2D eigenvalue weighted by molar-refractivity contribution is 14.1. The Kier molecular flexibility index (Phi) is 6.59. The van der Waals surface area contributed by atoms with Gasteiger partial charge in [-0.05, 0) is 82.3 Å². The molecule has 2 rings (SSSR count). The Hall–Kier alpha value is 0.750. The van der Waals surface area contributed by atoms with E-state index in [-0.39, 0.29) is 11.6 Å². The van der Waals surface area contributed by atoms with Crippen molar-refractivity contribution in [3.05, 3.63) is 35.5 Å². The van der Waals surface area contributed by atoms with Gasteiger partial charge in [-0.2, -0.15) is 0 Å². The van der Waals surface area contributed by atoms with Crippen molar-refractivity contribution in [1.29, 1.82) is 0 Å². The second-order valence-corrected chi connectivity index (χ2v) is 9.03. The molecule has 2 atom stereocenters. The fourth-order valence-electron chi connectivity index (χ4n) is 2.67. The molecule has 0 saturated heterocycles. The van der Waals surface area contributed by atoms with Crippen molar-refractivity contribution in [2.75, 3.05) is 0 Å². The van der Waals surface area contributed by atoms with Crippen molar-refractivity contribution in [2.24, 2.45) is 0 Å². The molecule has 0 aliphatic rings. The van der Waals surface area contributed by atoms with Gasteiger partial charge in [-0.3, -0.25) is 0 Å². The molecular formula is C15H16B2F2I2P2. The molecule has 0 radical (unpaired) electrons. The lowest BCUT2D eigenvalue weighted by atomic mass is 9.60. The Bertz CT molecular complexity index is 701. The molecule has 120 valence electrons. The smallest absolute Gasteiger partial charge is 0.198 e. The Labute approximate surface area is 169 Å². The molecule has 0 aromatic heterocycles. The first-order chi connectivity index (χ1) is 10.6. The SMILES string of the molecule is Bc1c(C)c(C)c(C)c(Bc2c(F)c(I)c(P)c(F)c2I)c1P. The van der Waals surface area contributed by atoms with Gasteiger partial charge in [0.15, 0.2) is 7.28 Å². The average Bonchev–Trinajstić information content (AvgIpc) is 2.54. The van der Waals surface area contributed by atoms with Crippen LogP contribution in [0.1, 0.15) is 16.7 Å². The highest BCUT2D eigenvalue weighted by Gasteiger charge is 2.23. The van der Waals surface area contributed by atoms with Crippen molar-refractivity contribution in [3.8, 4) is 0 Å². The summed E-state index contributed by atoms with van der Waals surface area (Å²) in [7, 11) is 7.54. The summed E-state index contributed by atoms with van der Waals surface area (Å²) in [6.45, 7) is 6.24. The number of rotatable bonds is 2. The van der Waals surface area contributed by atoms with E-state index < -0.39 is 0 Å². The Morgan fingerprint density at radius 3 is 1.96 bits per heavy atom. The van der Waals surface area contributed by atoms with Gasteiger partial charge < -0.3 is 0 Å². The second-order valence-electron chi connectivity index (χ2n) is 5.72. The molecule has 0 N–H and O–H groups in total. The topological polar surface area (TPSA) is 0 Å². The van der Waals surface area contributed by atoms with Gasteiger partial charge in [-0.25, -0.2) is 8.78 Å². The van der Waals surface area contributed by atoms with Crippen molar-refractivity contribution in [2.45, 2.75) is 20.8 Å². The molecule has 0 saturated carbocycles. The molecule has 0 spiro atoms. The second kappa shape index (κ2) is 7.55. The molecule has 0 aliphatic carbocycles. The number of benzene rings is 2. The summed E-state index contributed by atoms with van der Waals surface area (Å²) >= 11 is 3.78. The standard InChI is InChI=1S/C15H16B2F2I2P2/c1-4-5(2)7(16)14(22)8(6(4)3)17-9-10(18)13(21)15(23)11(19)12(9)20/h17H,16,22-23H2,1-3H3. The Morgan fingerprint density at radius 1 is 0.826 bits per heavy atom. The summed E-state index contributed by atoms with van der Waals surface area (Å²) in [6.07, 6.45) is 0. The van der Waals surface area contributed by atoms with Gasteiger partial charge in [-0.1, -0.05) is 22.1 Å². The average molecular weight is 572 g/mol. The minimum atomic E-state index is -0.347. The zero-order chi connectivity index (χ0) is 17.6. The molecule has 0 nitrogen and oxygen atoms in total. The van der Waals surface area contributed by atoms with E-state index in [1.165, 1.54) is 16.6 Å². The molecule has 0 amide bonds. The summed E-state index contributed by atoms with van der Waals surface area (Å²) < 4.78 is 29.8. The zero-order valence-corrected chi connectivity index (χ0v) is 20.0. The van der Waals surface area contributed by atoms with Crippen LogP contribution in [0.15, 0.2) is 0 Å². The quantitative estimate of drug-likeness (QED) is 0.216. The summed E-state index contributed by atoms with van der Waals surface area (Å²) in [5, 5.41) is 1.39. The van der Waals surface area contributed by atoms with Crippen LogP contribution in [-0.4, -0.2) is 15.1 Å². The third-order valence-corrected chi connectivity index (χ3v) is 8.70. The third kappa shape index (κ3) is 3.52. The molecule has 2 aromatic carbocycles. The first kappa shape index (κ1) is 20.1. The van der Waals surface area contributed by atoms with Crippen molar-refractivity contribution in [1.82, 2.24) is 0 Å². The van der Waals surface area contributed by atoms with E-state index in [4.69, 9.17) is 0 Å². The molecular weight excluding hydrogens is 556 g/mol. The minimum Gasteiger partial charge on any atom is -0.206 e. The van der Waals surface area contributed by atoms with E-state index in [2.05, 4.69) is 47.1 Å². The van der Waals surface area contributed by atoms with E-state index in [1.807, 2.05) is 45.2 Å². The van der Waals surface area contributed by atoms with Gasteiger partial charge in [0.1, 0.15) is 19.5 Å². The van der Waals surface area contributed by atoms with E-state index in [0.717, 1.165) is 16.3 Å². The Balaban J connectivity index is 2.71. The first-order valence-electron chi connectivity index (χ1n) is 7.04. The van der Waals surface area contributed by atoms with Crippen LogP contribution < -0.4 is 27.0 Å². The molecule has 0 aliphatic heterocycles. The predicted octanol–water partition coefficient (Wildman–Crippen LogP) is 0.746. The number of halogens is 4. The highest BCUT2D eigenvalue weighted by atomic mass is 127. The van der Waals surface area contributed by atoms with Crippen LogP contribution >= 0.6 is 63.7 Å². The first-order valence-corrected chi connectivity index (χ1v) is 10.4. The third-order valence-electron chi connectivity index (χ3n) is 4.61. The molecule has 0 fully saturated rings. The van der Waals surface area contributed by atoms with Crippen molar-refractivity contribution >= 4 is 106 Å². The summed E-state index contributed by atoms with van der Waals surface area (Å²) in [5.41, 5.74) is 6.33. The van der Waals surface area contributed by atoms with E-state index >= 15 is 0 Å². The largest absolute Gasteiger partial charge is 0.206 e. The van der Waals surface area contributed by atoms with Gasteiger partial charge >= 0.3 is 0 Å². The lowest BCUT2D eigenvalue weighted by Crippen LogP contribution is -2.47. The van der Waals surface area contributed by atoms with Gasteiger partial charge in [-0.15, -0.1) is 18.5 Å². The van der Waals surface area contributed by atoms with Gasteiger partial charge in [0.05, 0.1) is 3.57 Å². The fraction of sp³-hybridized carbons (Fsp3) is 0.200. The minimum absolute atomic E-state index is 0.301. The number of hydrogen-bond acceptors (Lipinski definition) is 0. The fourth-order valence-corrected chi connectivity index (χ4v) is 5.05. The maximum absolute atomic E-state index is 14.7. The monoisotopic (exact) mass is 572 g/mol. The van der Waals surface area contributed by atoms with Crippen LogP contribution in [0.2, 0.25) is 0 Å². The lowest BCUT2D eigenvalue weighted by Gasteiger charge is -2.20. The molecule has 0 bridgehead atoms. The van der Waals surface area contributed by atoms with E-state index in [9.17, 15) is 8.78 Å². The Morgan fingerprint density at radius 2 is 1.39 bits per heavy atom.